The Labute approximate surface area is 126 Å². The van der Waals surface area contributed by atoms with Crippen molar-refractivity contribution in [3.05, 3.63) is 41.2 Å². The molecule has 8 heteroatoms. The van der Waals surface area contributed by atoms with Crippen molar-refractivity contribution >= 4 is 23.2 Å². The van der Waals surface area contributed by atoms with Crippen molar-refractivity contribution in [2.45, 2.75) is 6.54 Å². The first-order valence-electron chi connectivity index (χ1n) is 6.31. The molecule has 0 unspecified atom stereocenters. The number of aliphatic hydroxyl groups excluding tert-OH is 1. The van der Waals surface area contributed by atoms with E-state index in [0.717, 1.165) is 0 Å². The summed E-state index contributed by atoms with van der Waals surface area (Å²) in [6.07, 6.45) is 0. The Morgan fingerprint density at radius 3 is 2.76 bits per heavy atom. The average molecular weight is 312 g/mol. The number of para-hydroxylation sites is 1. The number of aromatic nitrogens is 3. The SMILES string of the molecule is CN(Cc1nc(Cl)nc(NCCO)n1)c1ccccc1F. The molecule has 1 aromatic carbocycles. The summed E-state index contributed by atoms with van der Waals surface area (Å²) >= 11 is 5.83. The Morgan fingerprint density at radius 1 is 1.29 bits per heavy atom. The van der Waals surface area contributed by atoms with Crippen LogP contribution in [0.15, 0.2) is 24.3 Å². The molecule has 0 radical (unpaired) electrons. The lowest BCUT2D eigenvalue weighted by Crippen LogP contribution is -2.20. The lowest BCUT2D eigenvalue weighted by molar-refractivity contribution is 0.310. The zero-order valence-corrected chi connectivity index (χ0v) is 12.2. The van der Waals surface area contributed by atoms with Crippen LogP contribution in [0.25, 0.3) is 0 Å². The van der Waals surface area contributed by atoms with Crippen LogP contribution < -0.4 is 10.2 Å². The predicted octanol–water partition coefficient (Wildman–Crippen LogP) is 1.70. The molecule has 1 aromatic heterocycles. The summed E-state index contributed by atoms with van der Waals surface area (Å²) in [5.41, 5.74) is 0.443. The molecule has 0 aliphatic carbocycles. The number of hydrogen-bond acceptors (Lipinski definition) is 6. The highest BCUT2D eigenvalue weighted by Crippen LogP contribution is 2.18. The smallest absolute Gasteiger partial charge is 0.227 e. The summed E-state index contributed by atoms with van der Waals surface area (Å²) in [5.74, 6) is 0.362. The molecular weight excluding hydrogens is 297 g/mol. The third-order valence-electron chi connectivity index (χ3n) is 2.69. The van der Waals surface area contributed by atoms with Crippen LogP contribution in [0.4, 0.5) is 16.0 Å². The number of nitrogens with one attached hydrogen (secondary N) is 1. The van der Waals surface area contributed by atoms with Gasteiger partial charge in [-0.05, 0) is 23.7 Å². The normalized spacial score (nSPS) is 10.5. The topological polar surface area (TPSA) is 74.2 Å². The fourth-order valence-corrected chi connectivity index (χ4v) is 1.94. The summed E-state index contributed by atoms with van der Waals surface area (Å²) in [6.45, 7) is 0.535. The van der Waals surface area contributed by atoms with Gasteiger partial charge >= 0.3 is 0 Å². The highest BCUT2D eigenvalue weighted by Gasteiger charge is 2.11. The minimum Gasteiger partial charge on any atom is -0.395 e. The molecule has 0 aliphatic rings. The molecule has 0 saturated carbocycles. The van der Waals surface area contributed by atoms with Crippen LogP contribution in [-0.2, 0) is 6.54 Å². The van der Waals surface area contributed by atoms with Gasteiger partial charge in [-0.25, -0.2) is 9.37 Å². The number of halogens is 2. The van der Waals surface area contributed by atoms with Gasteiger partial charge in [0.1, 0.15) is 5.82 Å². The fraction of sp³-hybridized carbons (Fsp3) is 0.308. The van der Waals surface area contributed by atoms with E-state index in [2.05, 4.69) is 20.3 Å². The molecule has 0 aliphatic heterocycles. The predicted molar refractivity (Wildman–Crippen MR) is 78.9 cm³/mol. The van der Waals surface area contributed by atoms with Crippen molar-refractivity contribution in [3.63, 3.8) is 0 Å². The van der Waals surface area contributed by atoms with Crippen molar-refractivity contribution < 1.29 is 9.50 Å². The highest BCUT2D eigenvalue weighted by molar-refractivity contribution is 6.28. The number of rotatable bonds is 6. The first-order chi connectivity index (χ1) is 10.1. The lowest BCUT2D eigenvalue weighted by atomic mass is 10.3. The van der Waals surface area contributed by atoms with Crippen molar-refractivity contribution in [2.75, 3.05) is 30.4 Å². The zero-order valence-electron chi connectivity index (χ0n) is 11.4. The molecule has 2 rings (SSSR count). The standard InChI is InChI=1S/C13H15ClFN5O/c1-20(10-5-3-2-4-9(10)15)8-11-17-12(14)19-13(18-11)16-6-7-21/h2-5,21H,6-8H2,1H3,(H,16,17,18,19). The molecule has 0 amide bonds. The molecule has 21 heavy (non-hydrogen) atoms. The van der Waals surface area contributed by atoms with E-state index in [4.69, 9.17) is 16.7 Å². The Kier molecular flexibility index (Phi) is 5.24. The van der Waals surface area contributed by atoms with Crippen LogP contribution in [0.5, 0.6) is 0 Å². The van der Waals surface area contributed by atoms with E-state index in [1.54, 1.807) is 30.1 Å². The van der Waals surface area contributed by atoms with E-state index in [1.165, 1.54) is 6.07 Å². The molecule has 0 spiro atoms. The first-order valence-corrected chi connectivity index (χ1v) is 6.69. The zero-order chi connectivity index (χ0) is 15.2. The van der Waals surface area contributed by atoms with Gasteiger partial charge in [-0.1, -0.05) is 12.1 Å². The van der Waals surface area contributed by atoms with Crippen LogP contribution in [0.2, 0.25) is 5.28 Å². The maximum Gasteiger partial charge on any atom is 0.227 e. The second-order valence-corrected chi connectivity index (χ2v) is 4.64. The van der Waals surface area contributed by atoms with Gasteiger partial charge in [-0.3, -0.25) is 0 Å². The summed E-state index contributed by atoms with van der Waals surface area (Å²) in [4.78, 5) is 13.8. The quantitative estimate of drug-likeness (QED) is 0.846. The lowest BCUT2D eigenvalue weighted by Gasteiger charge is -2.19. The van der Waals surface area contributed by atoms with Crippen LogP contribution in [0.1, 0.15) is 5.82 Å². The van der Waals surface area contributed by atoms with E-state index in [9.17, 15) is 4.39 Å². The molecule has 0 fully saturated rings. The molecule has 0 atom stereocenters. The fourth-order valence-electron chi connectivity index (χ4n) is 1.77. The van der Waals surface area contributed by atoms with Gasteiger partial charge in [0, 0.05) is 13.6 Å². The second kappa shape index (κ2) is 7.14. The number of hydrogen-bond donors (Lipinski definition) is 2. The monoisotopic (exact) mass is 311 g/mol. The Hall–Kier alpha value is -1.99. The van der Waals surface area contributed by atoms with E-state index in [-0.39, 0.29) is 30.2 Å². The largest absolute Gasteiger partial charge is 0.395 e. The number of aliphatic hydroxyl groups is 1. The summed E-state index contributed by atoms with van der Waals surface area (Å²) < 4.78 is 13.7. The van der Waals surface area contributed by atoms with Crippen molar-refractivity contribution in [2.24, 2.45) is 0 Å². The molecular formula is C13H15ClFN5O. The Morgan fingerprint density at radius 2 is 2.05 bits per heavy atom. The third-order valence-corrected chi connectivity index (χ3v) is 2.86. The summed E-state index contributed by atoms with van der Waals surface area (Å²) in [5, 5.41) is 11.6. The molecule has 112 valence electrons. The minimum absolute atomic E-state index is 0.0439. The number of benzene rings is 1. The van der Waals surface area contributed by atoms with Crippen molar-refractivity contribution in [1.82, 2.24) is 15.0 Å². The van der Waals surface area contributed by atoms with E-state index < -0.39 is 0 Å². The van der Waals surface area contributed by atoms with Gasteiger partial charge in [0.2, 0.25) is 11.2 Å². The summed E-state index contributed by atoms with van der Waals surface area (Å²) in [6, 6.07) is 6.44. The molecule has 0 saturated heterocycles. The van der Waals surface area contributed by atoms with Crippen LogP contribution in [-0.4, -0.2) is 40.3 Å². The van der Waals surface area contributed by atoms with E-state index in [0.29, 0.717) is 18.1 Å². The van der Waals surface area contributed by atoms with E-state index >= 15 is 0 Å². The third kappa shape index (κ3) is 4.24. The van der Waals surface area contributed by atoms with Crippen LogP contribution in [0.3, 0.4) is 0 Å². The van der Waals surface area contributed by atoms with Gasteiger partial charge in [0.05, 0.1) is 18.8 Å². The molecule has 2 aromatic rings. The van der Waals surface area contributed by atoms with Gasteiger partial charge < -0.3 is 15.3 Å². The minimum atomic E-state index is -0.321. The van der Waals surface area contributed by atoms with Gasteiger partial charge in [0.15, 0.2) is 5.82 Å². The molecule has 6 nitrogen and oxygen atoms in total. The highest BCUT2D eigenvalue weighted by atomic mass is 35.5. The number of nitrogens with zero attached hydrogens (tertiary/aromatic N) is 4. The van der Waals surface area contributed by atoms with Gasteiger partial charge in [0.25, 0.3) is 0 Å². The molecule has 0 bridgehead atoms. The summed E-state index contributed by atoms with van der Waals surface area (Å²) in [7, 11) is 1.73. The maximum atomic E-state index is 13.7. The first kappa shape index (κ1) is 15.4. The maximum absolute atomic E-state index is 13.7. The average Bonchev–Trinajstić information content (AvgIpc) is 2.45. The molecule has 1 heterocycles. The Balaban J connectivity index is 2.15. The van der Waals surface area contributed by atoms with Crippen LogP contribution in [0, 0.1) is 5.82 Å². The Bertz CT molecular complexity index is 613. The van der Waals surface area contributed by atoms with Gasteiger partial charge in [-0.15, -0.1) is 0 Å². The van der Waals surface area contributed by atoms with Crippen molar-refractivity contribution in [3.8, 4) is 0 Å². The van der Waals surface area contributed by atoms with Crippen molar-refractivity contribution in [1.29, 1.82) is 0 Å². The van der Waals surface area contributed by atoms with E-state index in [1.807, 2.05) is 0 Å². The number of anilines is 2. The van der Waals surface area contributed by atoms with Crippen LogP contribution >= 0.6 is 11.6 Å². The van der Waals surface area contributed by atoms with Gasteiger partial charge in [-0.2, -0.15) is 9.97 Å². The second-order valence-electron chi connectivity index (χ2n) is 4.30. The molecule has 2 N–H and O–H groups in total.